The molecular formula is C63H41N5. The summed E-state index contributed by atoms with van der Waals surface area (Å²) in [6.07, 6.45) is 0. The van der Waals surface area contributed by atoms with E-state index in [1.165, 1.54) is 43.8 Å². The lowest BCUT2D eigenvalue weighted by Gasteiger charge is -2.13. The molecule has 5 nitrogen and oxygen atoms in total. The zero-order valence-electron chi connectivity index (χ0n) is 36.9. The highest BCUT2D eigenvalue weighted by Gasteiger charge is 2.19. The van der Waals surface area contributed by atoms with E-state index in [1.54, 1.807) is 0 Å². The molecule has 3 aromatic heterocycles. The first-order valence-corrected chi connectivity index (χ1v) is 23.0. The van der Waals surface area contributed by atoms with Crippen LogP contribution in [0.5, 0.6) is 0 Å². The molecule has 0 N–H and O–H groups in total. The summed E-state index contributed by atoms with van der Waals surface area (Å²) in [5.74, 6) is 1.81. The van der Waals surface area contributed by atoms with Crippen LogP contribution in [0, 0.1) is 0 Å². The van der Waals surface area contributed by atoms with Crippen molar-refractivity contribution in [3.05, 3.63) is 249 Å². The van der Waals surface area contributed by atoms with E-state index in [1.807, 2.05) is 6.07 Å². The van der Waals surface area contributed by atoms with Crippen LogP contribution in [0.3, 0.4) is 0 Å². The Morgan fingerprint density at radius 1 is 0.206 bits per heavy atom. The van der Waals surface area contributed by atoms with Gasteiger partial charge < -0.3 is 9.13 Å². The van der Waals surface area contributed by atoms with Gasteiger partial charge in [0, 0.05) is 49.6 Å². The first-order valence-electron chi connectivity index (χ1n) is 23.0. The van der Waals surface area contributed by atoms with E-state index in [0.717, 1.165) is 61.3 Å². The largest absolute Gasteiger partial charge is 0.309 e. The van der Waals surface area contributed by atoms with Gasteiger partial charge >= 0.3 is 0 Å². The van der Waals surface area contributed by atoms with Gasteiger partial charge in [-0.1, -0.05) is 188 Å². The second-order valence-corrected chi connectivity index (χ2v) is 17.3. The van der Waals surface area contributed by atoms with E-state index in [4.69, 9.17) is 15.0 Å². The van der Waals surface area contributed by atoms with Crippen LogP contribution in [-0.2, 0) is 0 Å². The molecule has 0 atom stereocenters. The Bertz CT molecular complexity index is 3780. The highest BCUT2D eigenvalue weighted by atomic mass is 15.0. The zero-order chi connectivity index (χ0) is 45.0. The highest BCUT2D eigenvalue weighted by Crippen LogP contribution is 2.38. The van der Waals surface area contributed by atoms with Crippen LogP contribution in [0.25, 0.3) is 123 Å². The Labute approximate surface area is 393 Å². The van der Waals surface area contributed by atoms with Gasteiger partial charge in [-0.3, -0.25) is 0 Å². The number of rotatable bonds is 8. The van der Waals surface area contributed by atoms with E-state index < -0.39 is 0 Å². The van der Waals surface area contributed by atoms with E-state index in [9.17, 15) is 0 Å². The van der Waals surface area contributed by atoms with Crippen molar-refractivity contribution in [3.63, 3.8) is 0 Å². The second-order valence-electron chi connectivity index (χ2n) is 17.3. The number of hydrogen-bond donors (Lipinski definition) is 0. The van der Waals surface area contributed by atoms with Crippen LogP contribution in [-0.4, -0.2) is 24.1 Å². The Kier molecular flexibility index (Phi) is 9.43. The minimum atomic E-state index is 0.599. The first kappa shape index (κ1) is 39.2. The van der Waals surface area contributed by atoms with Gasteiger partial charge in [0.05, 0.1) is 22.1 Å². The third kappa shape index (κ3) is 6.84. The molecule has 5 heteroatoms. The predicted molar refractivity (Wildman–Crippen MR) is 281 cm³/mol. The number of fused-ring (bicyclic) bond motifs is 6. The average Bonchev–Trinajstić information content (AvgIpc) is 3.94. The van der Waals surface area contributed by atoms with Gasteiger partial charge in [-0.05, 0) is 94.0 Å². The Morgan fingerprint density at radius 2 is 0.529 bits per heavy atom. The van der Waals surface area contributed by atoms with E-state index >= 15 is 0 Å². The van der Waals surface area contributed by atoms with Gasteiger partial charge in [-0.2, -0.15) is 0 Å². The number of benzene rings is 10. The third-order valence-electron chi connectivity index (χ3n) is 13.2. The monoisotopic (exact) mass is 867 g/mol. The molecule has 0 aliphatic heterocycles. The molecule has 3 heterocycles. The topological polar surface area (TPSA) is 48.5 Å². The fraction of sp³-hybridized carbons (Fsp3) is 0. The summed E-state index contributed by atoms with van der Waals surface area (Å²) in [4.78, 5) is 15.8. The maximum absolute atomic E-state index is 5.31. The summed E-state index contributed by atoms with van der Waals surface area (Å²) in [5, 5.41) is 4.81. The maximum atomic E-state index is 5.31. The summed E-state index contributed by atoms with van der Waals surface area (Å²) in [5.41, 5.74) is 16.4. The minimum Gasteiger partial charge on any atom is -0.309 e. The number of aromatic nitrogens is 5. The number of para-hydroxylation sites is 2. The predicted octanol–water partition coefficient (Wildman–Crippen LogP) is 16.1. The van der Waals surface area contributed by atoms with Gasteiger partial charge in [-0.15, -0.1) is 0 Å². The van der Waals surface area contributed by atoms with Crippen molar-refractivity contribution in [2.45, 2.75) is 0 Å². The molecule has 0 radical (unpaired) electrons. The Hall–Kier alpha value is -9.19. The lowest BCUT2D eigenvalue weighted by atomic mass is 10.0. The van der Waals surface area contributed by atoms with Crippen molar-refractivity contribution in [1.82, 2.24) is 24.1 Å². The molecule has 13 rings (SSSR count). The van der Waals surface area contributed by atoms with Crippen molar-refractivity contribution in [3.8, 4) is 78.9 Å². The fourth-order valence-electron chi connectivity index (χ4n) is 9.90. The van der Waals surface area contributed by atoms with Crippen LogP contribution in [0.2, 0.25) is 0 Å². The van der Waals surface area contributed by atoms with Crippen molar-refractivity contribution < 1.29 is 0 Å². The van der Waals surface area contributed by atoms with Gasteiger partial charge in [-0.25, -0.2) is 15.0 Å². The maximum Gasteiger partial charge on any atom is 0.164 e. The number of nitrogens with zero attached hydrogens (tertiary/aromatic N) is 5. The Morgan fingerprint density at radius 3 is 0.985 bits per heavy atom. The zero-order valence-corrected chi connectivity index (χ0v) is 36.9. The van der Waals surface area contributed by atoms with Crippen LogP contribution < -0.4 is 0 Å². The molecule has 13 aromatic rings. The number of hydrogen-bond acceptors (Lipinski definition) is 3. The molecule has 0 fully saturated rings. The third-order valence-corrected chi connectivity index (χ3v) is 13.2. The van der Waals surface area contributed by atoms with Gasteiger partial charge in [0.25, 0.3) is 0 Å². The molecule has 0 unspecified atom stereocenters. The summed E-state index contributed by atoms with van der Waals surface area (Å²) < 4.78 is 4.71. The molecule has 0 aliphatic rings. The molecule has 68 heavy (non-hydrogen) atoms. The smallest absolute Gasteiger partial charge is 0.164 e. The lowest BCUT2D eigenvalue weighted by molar-refractivity contribution is 1.07. The molecule has 0 aliphatic carbocycles. The summed E-state index contributed by atoms with van der Waals surface area (Å²) in [6.45, 7) is 0. The highest BCUT2D eigenvalue weighted by molar-refractivity contribution is 6.11. The summed E-state index contributed by atoms with van der Waals surface area (Å²) in [7, 11) is 0. The van der Waals surface area contributed by atoms with Crippen molar-refractivity contribution >= 4 is 43.6 Å². The molecule has 0 amide bonds. The van der Waals surface area contributed by atoms with E-state index in [2.05, 4.69) is 252 Å². The summed E-state index contributed by atoms with van der Waals surface area (Å²) in [6, 6.07) is 88.2. The normalized spacial score (nSPS) is 11.5. The molecule has 0 saturated carbocycles. The minimum absolute atomic E-state index is 0.599. The molecule has 0 spiro atoms. The van der Waals surface area contributed by atoms with Gasteiger partial charge in [0.2, 0.25) is 0 Å². The van der Waals surface area contributed by atoms with Gasteiger partial charge in [0.1, 0.15) is 0 Å². The molecule has 0 saturated heterocycles. The molecular weight excluding hydrogens is 827 g/mol. The van der Waals surface area contributed by atoms with Gasteiger partial charge in [0.15, 0.2) is 17.5 Å². The van der Waals surface area contributed by atoms with Crippen LogP contribution in [0.15, 0.2) is 249 Å². The average molecular weight is 868 g/mol. The second kappa shape index (κ2) is 16.4. The molecule has 318 valence electrons. The van der Waals surface area contributed by atoms with E-state index in [0.29, 0.717) is 17.5 Å². The van der Waals surface area contributed by atoms with E-state index in [-0.39, 0.29) is 0 Å². The van der Waals surface area contributed by atoms with Crippen LogP contribution in [0.1, 0.15) is 0 Å². The standard InChI is InChI=1S/C63H41N5/c1-4-16-42(17-5-1)45-30-32-46(33-31-45)61-64-62(49-22-14-24-51(38-49)67-57-28-12-10-26-53(57)55-40-47(34-36-59(55)67)43-18-6-2-7-19-43)66-63(65-61)50-23-15-25-52(39-50)68-58-29-13-11-27-54(58)56-41-48(35-37-60(56)68)44-20-8-3-9-21-44/h1-41H. The fourth-order valence-corrected chi connectivity index (χ4v) is 9.90. The first-order chi connectivity index (χ1) is 33.7. The quantitative estimate of drug-likeness (QED) is 0.153. The molecule has 10 aromatic carbocycles. The van der Waals surface area contributed by atoms with Crippen LogP contribution >= 0.6 is 0 Å². The Balaban J connectivity index is 0.958. The van der Waals surface area contributed by atoms with Crippen molar-refractivity contribution in [2.24, 2.45) is 0 Å². The molecule has 0 bridgehead atoms. The lowest BCUT2D eigenvalue weighted by Crippen LogP contribution is -2.02. The van der Waals surface area contributed by atoms with Crippen molar-refractivity contribution in [1.29, 1.82) is 0 Å². The van der Waals surface area contributed by atoms with Crippen molar-refractivity contribution in [2.75, 3.05) is 0 Å². The van der Waals surface area contributed by atoms with Crippen LogP contribution in [0.4, 0.5) is 0 Å². The SMILES string of the molecule is c1ccc(-c2ccc(-c3nc(-c4cccc(-n5c6ccccc6c6cc(-c7ccccc7)ccc65)c4)nc(-c4cccc(-n5c6ccccc6c6cc(-c7ccccc7)ccc65)c4)n3)cc2)cc1. The summed E-state index contributed by atoms with van der Waals surface area (Å²) >= 11 is 0.